The van der Waals surface area contributed by atoms with E-state index < -0.39 is 0 Å². The molecule has 1 N–H and O–H groups in total. The number of aromatic nitrogens is 3. The predicted octanol–water partition coefficient (Wildman–Crippen LogP) is 0.588. The summed E-state index contributed by atoms with van der Waals surface area (Å²) in [6.45, 7) is 7.03. The molecule has 7 heteroatoms. The van der Waals surface area contributed by atoms with Gasteiger partial charge in [-0.05, 0) is 0 Å². The van der Waals surface area contributed by atoms with Gasteiger partial charge in [0.1, 0.15) is 18.0 Å². The lowest BCUT2D eigenvalue weighted by atomic mass is 9.96. The molecule has 0 spiro atoms. The number of carbonyl (C=O) groups is 1. The lowest BCUT2D eigenvalue weighted by Crippen LogP contribution is -2.31. The maximum absolute atomic E-state index is 12.4. The molecule has 0 aromatic carbocycles. The summed E-state index contributed by atoms with van der Waals surface area (Å²) in [4.78, 5) is 18.3. The molecule has 1 aromatic heterocycles. The van der Waals surface area contributed by atoms with Crippen molar-refractivity contribution in [1.82, 2.24) is 20.1 Å². The number of methoxy groups -OCH3 is 2. The Morgan fingerprint density at radius 2 is 1.80 bits per heavy atom. The number of aromatic amines is 1. The van der Waals surface area contributed by atoms with Gasteiger partial charge >= 0.3 is 0 Å². The highest BCUT2D eigenvalue weighted by molar-refractivity contribution is 5.90. The van der Waals surface area contributed by atoms with Crippen LogP contribution in [0.15, 0.2) is 0 Å². The Kier molecular flexibility index (Phi) is 4.10. The number of ether oxygens (including phenoxy) is 2. The van der Waals surface area contributed by atoms with Crippen molar-refractivity contribution in [3.05, 3.63) is 11.6 Å². The molecule has 1 saturated heterocycles. The van der Waals surface area contributed by atoms with E-state index in [2.05, 4.69) is 15.2 Å². The number of hydrogen-bond donors (Lipinski definition) is 1. The first-order valence-electron chi connectivity index (χ1n) is 6.64. The van der Waals surface area contributed by atoms with Crippen LogP contribution in [0.3, 0.4) is 0 Å². The second-order valence-electron chi connectivity index (χ2n) is 6.02. The van der Waals surface area contributed by atoms with Crippen molar-refractivity contribution in [3.63, 3.8) is 0 Å². The predicted molar refractivity (Wildman–Crippen MR) is 72.6 cm³/mol. The monoisotopic (exact) mass is 282 g/mol. The molecule has 2 heterocycles. The molecular formula is C13H22N4O3. The van der Waals surface area contributed by atoms with Crippen LogP contribution in [0.2, 0.25) is 0 Å². The molecule has 0 saturated carbocycles. The van der Waals surface area contributed by atoms with Gasteiger partial charge in [0, 0.05) is 32.7 Å². The quantitative estimate of drug-likeness (QED) is 0.877. The van der Waals surface area contributed by atoms with Crippen LogP contribution >= 0.6 is 0 Å². The summed E-state index contributed by atoms with van der Waals surface area (Å²) in [6, 6.07) is 0. The number of rotatable bonds is 3. The molecule has 2 atom stereocenters. The third kappa shape index (κ3) is 2.83. The maximum Gasteiger partial charge on any atom is 0.293 e. The minimum absolute atomic E-state index is 0.107. The van der Waals surface area contributed by atoms with Crippen molar-refractivity contribution in [3.8, 4) is 0 Å². The molecule has 20 heavy (non-hydrogen) atoms. The Hall–Kier alpha value is -1.47. The van der Waals surface area contributed by atoms with Gasteiger partial charge < -0.3 is 14.4 Å². The average Bonchev–Trinajstić information content (AvgIpc) is 3.03. The summed E-state index contributed by atoms with van der Waals surface area (Å²) in [5, 5.41) is 6.85. The first-order chi connectivity index (χ1) is 9.36. The van der Waals surface area contributed by atoms with Crippen LogP contribution < -0.4 is 0 Å². The van der Waals surface area contributed by atoms with Crippen molar-refractivity contribution in [2.45, 2.75) is 38.4 Å². The van der Waals surface area contributed by atoms with Gasteiger partial charge in [0.15, 0.2) is 0 Å². The van der Waals surface area contributed by atoms with E-state index >= 15 is 0 Å². The van der Waals surface area contributed by atoms with E-state index in [0.717, 1.165) is 0 Å². The van der Waals surface area contributed by atoms with E-state index in [-0.39, 0.29) is 29.4 Å². The number of amides is 1. The van der Waals surface area contributed by atoms with Crippen LogP contribution in [0, 0.1) is 0 Å². The van der Waals surface area contributed by atoms with E-state index in [0.29, 0.717) is 18.9 Å². The van der Waals surface area contributed by atoms with Crippen LogP contribution in [0.1, 0.15) is 37.2 Å². The van der Waals surface area contributed by atoms with Crippen molar-refractivity contribution in [1.29, 1.82) is 0 Å². The SMILES string of the molecule is COC1CN(C(=O)c2n[nH]c(C(C)(C)C)n2)CC1OC. The second kappa shape index (κ2) is 5.49. The zero-order valence-corrected chi connectivity index (χ0v) is 12.6. The third-order valence-electron chi connectivity index (χ3n) is 3.50. The number of H-pyrrole nitrogens is 1. The first kappa shape index (κ1) is 14.9. The van der Waals surface area contributed by atoms with Crippen molar-refractivity contribution < 1.29 is 14.3 Å². The Morgan fingerprint density at radius 1 is 1.25 bits per heavy atom. The van der Waals surface area contributed by atoms with Gasteiger partial charge in [0.05, 0.1) is 0 Å². The highest BCUT2D eigenvalue weighted by atomic mass is 16.5. The fourth-order valence-electron chi connectivity index (χ4n) is 2.20. The summed E-state index contributed by atoms with van der Waals surface area (Å²) in [5.74, 6) is 0.700. The van der Waals surface area contributed by atoms with E-state index in [9.17, 15) is 4.79 Å². The standard InChI is InChI=1S/C13H22N4O3/c1-13(2,3)12-14-10(15-16-12)11(18)17-6-8(19-4)9(7-17)20-5/h8-9H,6-7H2,1-5H3,(H,14,15,16). The van der Waals surface area contributed by atoms with Crippen LogP contribution in [0.5, 0.6) is 0 Å². The van der Waals surface area contributed by atoms with Gasteiger partial charge in [0.25, 0.3) is 5.91 Å². The Labute approximate surface area is 118 Å². The van der Waals surface area contributed by atoms with E-state index in [1.165, 1.54) is 0 Å². The van der Waals surface area contributed by atoms with Crippen molar-refractivity contribution in [2.24, 2.45) is 0 Å². The van der Waals surface area contributed by atoms with Gasteiger partial charge in [-0.3, -0.25) is 9.89 Å². The van der Waals surface area contributed by atoms with Crippen LogP contribution in [-0.4, -0.2) is 65.5 Å². The molecular weight excluding hydrogens is 260 g/mol. The molecule has 0 aliphatic carbocycles. The molecule has 7 nitrogen and oxygen atoms in total. The lowest BCUT2D eigenvalue weighted by Gasteiger charge is -2.14. The highest BCUT2D eigenvalue weighted by Crippen LogP contribution is 2.20. The van der Waals surface area contributed by atoms with Gasteiger partial charge in [-0.1, -0.05) is 20.8 Å². The number of nitrogens with one attached hydrogen (secondary N) is 1. The number of carbonyl (C=O) groups excluding carboxylic acids is 1. The smallest absolute Gasteiger partial charge is 0.293 e. The fourth-order valence-corrected chi connectivity index (χ4v) is 2.20. The van der Waals surface area contributed by atoms with Gasteiger partial charge in [-0.25, -0.2) is 4.98 Å². The summed E-state index contributed by atoms with van der Waals surface area (Å²) in [7, 11) is 3.24. The summed E-state index contributed by atoms with van der Waals surface area (Å²) >= 11 is 0. The van der Waals surface area contributed by atoms with Crippen LogP contribution in [-0.2, 0) is 14.9 Å². The normalized spacial score (nSPS) is 23.4. The van der Waals surface area contributed by atoms with Crippen molar-refractivity contribution in [2.75, 3.05) is 27.3 Å². The molecule has 1 aromatic rings. The lowest BCUT2D eigenvalue weighted by molar-refractivity contribution is -0.00461. The molecule has 1 amide bonds. The number of nitrogens with zero attached hydrogens (tertiary/aromatic N) is 3. The molecule has 2 rings (SSSR count). The van der Waals surface area contributed by atoms with Crippen molar-refractivity contribution >= 4 is 5.91 Å². The Bertz CT molecular complexity index is 468. The second-order valence-corrected chi connectivity index (χ2v) is 6.02. The molecule has 1 fully saturated rings. The Morgan fingerprint density at radius 3 is 2.20 bits per heavy atom. The van der Waals surface area contributed by atoms with Crippen LogP contribution in [0.25, 0.3) is 0 Å². The van der Waals surface area contributed by atoms with E-state index in [1.807, 2.05) is 20.8 Å². The maximum atomic E-state index is 12.4. The largest absolute Gasteiger partial charge is 0.377 e. The molecule has 1 aliphatic rings. The average molecular weight is 282 g/mol. The summed E-state index contributed by atoms with van der Waals surface area (Å²) in [5.41, 5.74) is -0.166. The number of hydrogen-bond acceptors (Lipinski definition) is 5. The van der Waals surface area contributed by atoms with Gasteiger partial charge in [-0.15, -0.1) is 5.10 Å². The molecule has 0 bridgehead atoms. The topological polar surface area (TPSA) is 80.3 Å². The van der Waals surface area contributed by atoms with Crippen LogP contribution in [0.4, 0.5) is 0 Å². The minimum Gasteiger partial charge on any atom is -0.377 e. The Balaban J connectivity index is 2.11. The highest BCUT2D eigenvalue weighted by Gasteiger charge is 2.37. The zero-order chi connectivity index (χ0) is 14.9. The van der Waals surface area contributed by atoms with Gasteiger partial charge in [-0.2, -0.15) is 0 Å². The van der Waals surface area contributed by atoms with Gasteiger partial charge in [0.2, 0.25) is 5.82 Å². The molecule has 1 aliphatic heterocycles. The first-order valence-corrected chi connectivity index (χ1v) is 6.64. The van der Waals surface area contributed by atoms with E-state index in [1.54, 1.807) is 19.1 Å². The third-order valence-corrected chi connectivity index (χ3v) is 3.50. The molecule has 0 radical (unpaired) electrons. The molecule has 112 valence electrons. The van der Waals surface area contributed by atoms with E-state index in [4.69, 9.17) is 9.47 Å². The zero-order valence-electron chi connectivity index (χ0n) is 12.6. The summed E-state index contributed by atoms with van der Waals surface area (Å²) < 4.78 is 10.6. The fraction of sp³-hybridized carbons (Fsp3) is 0.769. The molecule has 2 unspecified atom stereocenters. The summed E-state index contributed by atoms with van der Waals surface area (Å²) in [6.07, 6.45) is -0.213. The number of likely N-dealkylation sites (tertiary alicyclic amines) is 1. The minimum atomic E-state index is -0.196.